The molecule has 0 unspecified atom stereocenters. The largest absolute Gasteiger partial charge is 0.450 e. The number of furan rings is 1. The lowest BCUT2D eigenvalue weighted by Gasteiger charge is -2.10. The summed E-state index contributed by atoms with van der Waals surface area (Å²) < 4.78 is 5.83. The SMILES string of the molecule is Cc1c(C(=O)NCC(=O)N(C)C)oc2c1ccc1ccccc12. The average Bonchev–Trinajstić information content (AvgIpc) is 2.89. The average molecular weight is 310 g/mol. The standard InChI is InChI=1S/C18H18N2O3/c1-11-13-9-8-12-6-4-5-7-14(12)17(13)23-16(11)18(22)19-10-15(21)20(2)3/h4-9H,10H2,1-3H3,(H,19,22). The number of carbonyl (C=O) groups is 2. The van der Waals surface area contributed by atoms with E-state index in [1.165, 1.54) is 4.90 Å². The van der Waals surface area contributed by atoms with Crippen molar-refractivity contribution in [2.45, 2.75) is 6.92 Å². The van der Waals surface area contributed by atoms with Crippen LogP contribution in [-0.4, -0.2) is 37.4 Å². The van der Waals surface area contributed by atoms with Crippen LogP contribution >= 0.6 is 0 Å². The molecule has 0 spiro atoms. The van der Waals surface area contributed by atoms with Gasteiger partial charge < -0.3 is 14.6 Å². The van der Waals surface area contributed by atoms with Crippen LogP contribution in [0.3, 0.4) is 0 Å². The van der Waals surface area contributed by atoms with Gasteiger partial charge in [0.1, 0.15) is 5.58 Å². The van der Waals surface area contributed by atoms with E-state index in [9.17, 15) is 9.59 Å². The molecule has 2 amide bonds. The quantitative estimate of drug-likeness (QED) is 0.809. The van der Waals surface area contributed by atoms with Crippen molar-refractivity contribution in [1.29, 1.82) is 0 Å². The van der Waals surface area contributed by atoms with Crippen LogP contribution in [0.5, 0.6) is 0 Å². The van der Waals surface area contributed by atoms with Gasteiger partial charge in [0.2, 0.25) is 5.91 Å². The number of likely N-dealkylation sites (N-methyl/N-ethyl adjacent to an activating group) is 1. The van der Waals surface area contributed by atoms with E-state index in [0.29, 0.717) is 5.58 Å². The Labute approximate surface area is 133 Å². The van der Waals surface area contributed by atoms with Crippen LogP contribution in [0.2, 0.25) is 0 Å². The second-order valence-electron chi connectivity index (χ2n) is 5.69. The maximum Gasteiger partial charge on any atom is 0.287 e. The molecule has 0 aliphatic heterocycles. The summed E-state index contributed by atoms with van der Waals surface area (Å²) in [6.45, 7) is 1.80. The minimum absolute atomic E-state index is 0.0525. The highest BCUT2D eigenvalue weighted by atomic mass is 16.3. The monoisotopic (exact) mass is 310 g/mol. The maximum absolute atomic E-state index is 12.3. The molecule has 0 aliphatic carbocycles. The molecular weight excluding hydrogens is 292 g/mol. The van der Waals surface area contributed by atoms with Gasteiger partial charge in [0.05, 0.1) is 6.54 Å². The molecule has 5 nitrogen and oxygen atoms in total. The van der Waals surface area contributed by atoms with Crippen LogP contribution in [0.4, 0.5) is 0 Å². The molecule has 0 bridgehead atoms. The molecule has 1 heterocycles. The Balaban J connectivity index is 1.98. The first-order chi connectivity index (χ1) is 11.0. The van der Waals surface area contributed by atoms with E-state index in [2.05, 4.69) is 5.32 Å². The number of hydrogen-bond donors (Lipinski definition) is 1. The molecule has 3 rings (SSSR count). The number of benzene rings is 2. The molecule has 0 atom stereocenters. The molecule has 0 saturated heterocycles. The van der Waals surface area contributed by atoms with Crippen LogP contribution in [0, 0.1) is 6.92 Å². The molecule has 23 heavy (non-hydrogen) atoms. The third-order valence-corrected chi connectivity index (χ3v) is 3.93. The molecule has 2 aromatic carbocycles. The van der Waals surface area contributed by atoms with Gasteiger partial charge in [0.25, 0.3) is 5.91 Å². The van der Waals surface area contributed by atoms with Crippen LogP contribution in [0.1, 0.15) is 16.1 Å². The van der Waals surface area contributed by atoms with Crippen molar-refractivity contribution >= 4 is 33.6 Å². The predicted octanol–water partition coefficient (Wildman–Crippen LogP) is 2.71. The summed E-state index contributed by atoms with van der Waals surface area (Å²) in [5, 5.41) is 5.54. The summed E-state index contributed by atoms with van der Waals surface area (Å²) in [5.41, 5.74) is 1.48. The summed E-state index contributed by atoms with van der Waals surface area (Å²) in [5.74, 6) is -0.293. The van der Waals surface area contributed by atoms with E-state index >= 15 is 0 Å². The molecule has 0 saturated carbocycles. The van der Waals surface area contributed by atoms with Gasteiger partial charge in [-0.2, -0.15) is 0 Å². The smallest absolute Gasteiger partial charge is 0.287 e. The Morgan fingerprint density at radius 3 is 2.57 bits per heavy atom. The summed E-state index contributed by atoms with van der Waals surface area (Å²) in [7, 11) is 3.29. The molecular formula is C18H18N2O3. The number of aryl methyl sites for hydroxylation is 1. The minimum atomic E-state index is -0.377. The first-order valence-electron chi connectivity index (χ1n) is 7.38. The van der Waals surface area contributed by atoms with Gasteiger partial charge in [-0.15, -0.1) is 0 Å². The van der Waals surface area contributed by atoms with Crippen LogP contribution < -0.4 is 5.32 Å². The lowest BCUT2D eigenvalue weighted by molar-refractivity contribution is -0.127. The second kappa shape index (κ2) is 5.76. The summed E-state index contributed by atoms with van der Waals surface area (Å²) in [6.07, 6.45) is 0. The van der Waals surface area contributed by atoms with Gasteiger partial charge in [0.15, 0.2) is 5.76 Å². The van der Waals surface area contributed by atoms with Gasteiger partial charge in [-0.25, -0.2) is 0 Å². The van der Waals surface area contributed by atoms with E-state index in [0.717, 1.165) is 21.7 Å². The summed E-state index contributed by atoms with van der Waals surface area (Å²) >= 11 is 0. The first-order valence-corrected chi connectivity index (χ1v) is 7.38. The second-order valence-corrected chi connectivity index (χ2v) is 5.69. The van der Waals surface area contributed by atoms with Crippen LogP contribution in [0.25, 0.3) is 21.7 Å². The van der Waals surface area contributed by atoms with Crippen molar-refractivity contribution in [3.05, 3.63) is 47.7 Å². The van der Waals surface area contributed by atoms with Crippen molar-refractivity contribution in [2.24, 2.45) is 0 Å². The molecule has 0 radical (unpaired) electrons. The highest BCUT2D eigenvalue weighted by Crippen LogP contribution is 2.31. The number of nitrogens with one attached hydrogen (secondary N) is 1. The number of rotatable bonds is 3. The van der Waals surface area contributed by atoms with E-state index in [1.54, 1.807) is 14.1 Å². The lowest BCUT2D eigenvalue weighted by Crippen LogP contribution is -2.36. The maximum atomic E-state index is 12.3. The molecule has 0 aliphatic rings. The van der Waals surface area contributed by atoms with Crippen molar-refractivity contribution in [3.63, 3.8) is 0 Å². The fourth-order valence-corrected chi connectivity index (χ4v) is 2.56. The Kier molecular flexibility index (Phi) is 3.78. The van der Waals surface area contributed by atoms with Crippen molar-refractivity contribution in [1.82, 2.24) is 10.2 Å². The summed E-state index contributed by atoms with van der Waals surface area (Å²) in [4.78, 5) is 25.3. The lowest BCUT2D eigenvalue weighted by atomic mass is 10.1. The highest BCUT2D eigenvalue weighted by Gasteiger charge is 2.19. The number of carbonyl (C=O) groups excluding carboxylic acids is 2. The molecule has 1 N–H and O–H groups in total. The Hall–Kier alpha value is -2.82. The number of fused-ring (bicyclic) bond motifs is 3. The van der Waals surface area contributed by atoms with Crippen molar-refractivity contribution < 1.29 is 14.0 Å². The van der Waals surface area contributed by atoms with Crippen LogP contribution in [-0.2, 0) is 4.79 Å². The van der Waals surface area contributed by atoms with Gasteiger partial charge in [-0.05, 0) is 12.3 Å². The third-order valence-electron chi connectivity index (χ3n) is 3.93. The Bertz CT molecular complexity index is 909. The Morgan fingerprint density at radius 2 is 1.83 bits per heavy atom. The molecule has 5 heteroatoms. The topological polar surface area (TPSA) is 62.6 Å². The zero-order valence-electron chi connectivity index (χ0n) is 13.3. The highest BCUT2D eigenvalue weighted by molar-refractivity contribution is 6.09. The molecule has 118 valence electrons. The van der Waals surface area contributed by atoms with E-state index < -0.39 is 0 Å². The number of hydrogen-bond acceptors (Lipinski definition) is 3. The van der Waals surface area contributed by atoms with Gasteiger partial charge in [-0.1, -0.05) is 36.4 Å². The molecule has 1 aromatic heterocycles. The predicted molar refractivity (Wildman–Crippen MR) is 89.5 cm³/mol. The van der Waals surface area contributed by atoms with Crippen LogP contribution in [0.15, 0.2) is 40.8 Å². The minimum Gasteiger partial charge on any atom is -0.450 e. The third kappa shape index (κ3) is 2.65. The zero-order valence-corrected chi connectivity index (χ0v) is 13.3. The first kappa shape index (κ1) is 15.1. The fraction of sp³-hybridized carbons (Fsp3) is 0.222. The van der Waals surface area contributed by atoms with Gasteiger partial charge >= 0.3 is 0 Å². The number of amides is 2. The Morgan fingerprint density at radius 1 is 1.09 bits per heavy atom. The van der Waals surface area contributed by atoms with Gasteiger partial charge in [0, 0.05) is 30.4 Å². The molecule has 0 fully saturated rings. The van der Waals surface area contributed by atoms with Crippen molar-refractivity contribution in [2.75, 3.05) is 20.6 Å². The van der Waals surface area contributed by atoms with E-state index in [4.69, 9.17) is 4.42 Å². The summed E-state index contributed by atoms with van der Waals surface area (Å²) in [6, 6.07) is 11.8. The zero-order chi connectivity index (χ0) is 16.6. The van der Waals surface area contributed by atoms with E-state index in [1.807, 2.05) is 43.3 Å². The fourth-order valence-electron chi connectivity index (χ4n) is 2.56. The normalized spacial score (nSPS) is 10.9. The number of nitrogens with zero attached hydrogens (tertiary/aromatic N) is 1. The van der Waals surface area contributed by atoms with Crippen molar-refractivity contribution in [3.8, 4) is 0 Å². The van der Waals surface area contributed by atoms with E-state index in [-0.39, 0.29) is 24.1 Å². The van der Waals surface area contributed by atoms with Gasteiger partial charge in [-0.3, -0.25) is 9.59 Å². The molecule has 3 aromatic rings.